The number of aryl methyl sites for hydroxylation is 1. The number of hydrogen-bond donors (Lipinski definition) is 3. The number of carbonyl (C=O) groups excluding carboxylic acids is 1. The maximum atomic E-state index is 12.9. The number of nitrogens with zero attached hydrogens (tertiary/aromatic N) is 3. The molecule has 0 saturated carbocycles. The number of benzene rings is 3. The smallest absolute Gasteiger partial charge is 0.222 e. The number of nitrogens with two attached hydrogens (primary N) is 1. The fourth-order valence-electron chi connectivity index (χ4n) is 4.78. The number of piperidine rings is 1. The molecule has 0 bridgehead atoms. The third-order valence-corrected chi connectivity index (χ3v) is 6.83. The molecule has 5 rings (SSSR count). The van der Waals surface area contributed by atoms with Crippen LogP contribution >= 0.6 is 0 Å². The molecule has 1 aromatic heterocycles. The lowest BCUT2D eigenvalue weighted by Crippen LogP contribution is -2.45. The predicted octanol–water partition coefficient (Wildman–Crippen LogP) is 5.30. The zero-order chi connectivity index (χ0) is 27.0. The molecule has 1 saturated heterocycles. The molecule has 39 heavy (non-hydrogen) atoms. The fourth-order valence-corrected chi connectivity index (χ4v) is 4.78. The Bertz CT molecular complexity index is 1410. The second kappa shape index (κ2) is 12.2. The van der Waals surface area contributed by atoms with Gasteiger partial charge >= 0.3 is 0 Å². The van der Waals surface area contributed by atoms with Crippen LogP contribution in [0.2, 0.25) is 0 Å². The molecule has 8 nitrogen and oxygen atoms in total. The van der Waals surface area contributed by atoms with Crippen molar-refractivity contribution >= 4 is 23.3 Å². The molecule has 1 aliphatic heterocycles. The third kappa shape index (κ3) is 6.59. The lowest BCUT2D eigenvalue weighted by Gasteiger charge is -2.34. The van der Waals surface area contributed by atoms with Crippen LogP contribution in [0.25, 0.3) is 0 Å². The average Bonchev–Trinajstić information content (AvgIpc) is 2.97. The summed E-state index contributed by atoms with van der Waals surface area (Å²) in [5.41, 5.74) is 8.74. The average molecular weight is 521 g/mol. The largest absolute Gasteiger partial charge is 0.457 e. The first kappa shape index (κ1) is 25.9. The van der Waals surface area contributed by atoms with Gasteiger partial charge in [0.15, 0.2) is 0 Å². The van der Waals surface area contributed by atoms with Crippen LogP contribution in [0.1, 0.15) is 36.0 Å². The number of nitrogen functional groups attached to an aromatic ring is 1. The van der Waals surface area contributed by atoms with Crippen LogP contribution in [0, 0.1) is 5.41 Å². The Labute approximate surface area is 228 Å². The molecule has 2 heterocycles. The number of anilines is 2. The molecule has 1 aliphatic rings. The van der Waals surface area contributed by atoms with Gasteiger partial charge in [0.1, 0.15) is 29.5 Å². The second-order valence-electron chi connectivity index (χ2n) is 9.61. The van der Waals surface area contributed by atoms with Crippen molar-refractivity contribution in [3.05, 3.63) is 108 Å². The Morgan fingerprint density at radius 2 is 1.67 bits per heavy atom. The highest BCUT2D eigenvalue weighted by Crippen LogP contribution is 2.26. The molecular formula is C31H32N6O2. The molecule has 4 aromatic rings. The first-order valence-corrected chi connectivity index (χ1v) is 13.2. The van der Waals surface area contributed by atoms with Crippen molar-refractivity contribution in [1.82, 2.24) is 14.9 Å². The summed E-state index contributed by atoms with van der Waals surface area (Å²) in [6.07, 6.45) is 4.40. The number of rotatable bonds is 9. The van der Waals surface area contributed by atoms with Crippen LogP contribution < -0.4 is 15.8 Å². The summed E-state index contributed by atoms with van der Waals surface area (Å²) >= 11 is 0. The van der Waals surface area contributed by atoms with Gasteiger partial charge in [0.05, 0.1) is 11.3 Å². The molecule has 0 radical (unpaired) electrons. The van der Waals surface area contributed by atoms with Crippen LogP contribution in [0.3, 0.4) is 0 Å². The van der Waals surface area contributed by atoms with E-state index in [1.807, 2.05) is 89.8 Å². The van der Waals surface area contributed by atoms with E-state index >= 15 is 0 Å². The summed E-state index contributed by atoms with van der Waals surface area (Å²) in [4.78, 5) is 23.4. The Balaban J connectivity index is 1.25. The van der Waals surface area contributed by atoms with E-state index in [4.69, 9.17) is 15.9 Å². The van der Waals surface area contributed by atoms with Gasteiger partial charge in [-0.05, 0) is 61.2 Å². The number of hydrogen-bond acceptors (Lipinski definition) is 7. The molecule has 1 amide bonds. The molecule has 1 atom stereocenters. The van der Waals surface area contributed by atoms with Crippen LogP contribution in [-0.4, -0.2) is 45.6 Å². The number of likely N-dealkylation sites (tertiary alicyclic amines) is 1. The Morgan fingerprint density at radius 3 is 2.41 bits per heavy atom. The minimum absolute atomic E-state index is 0.00178. The molecule has 3 aromatic carbocycles. The van der Waals surface area contributed by atoms with Crippen LogP contribution in [-0.2, 0) is 11.2 Å². The predicted molar refractivity (Wildman–Crippen MR) is 153 cm³/mol. The Hall–Kier alpha value is -4.72. The lowest BCUT2D eigenvalue weighted by molar-refractivity contribution is -0.132. The van der Waals surface area contributed by atoms with E-state index in [0.29, 0.717) is 35.7 Å². The molecule has 1 unspecified atom stereocenters. The maximum Gasteiger partial charge on any atom is 0.222 e. The summed E-state index contributed by atoms with van der Waals surface area (Å²) in [7, 11) is 0. The minimum Gasteiger partial charge on any atom is -0.457 e. The van der Waals surface area contributed by atoms with Gasteiger partial charge in [-0.15, -0.1) is 0 Å². The van der Waals surface area contributed by atoms with Crippen LogP contribution in [0.5, 0.6) is 11.5 Å². The summed E-state index contributed by atoms with van der Waals surface area (Å²) in [6, 6.07) is 26.9. The van der Waals surface area contributed by atoms with E-state index in [9.17, 15) is 4.79 Å². The van der Waals surface area contributed by atoms with E-state index in [1.165, 1.54) is 6.33 Å². The minimum atomic E-state index is 0.00178. The van der Waals surface area contributed by atoms with Crippen molar-refractivity contribution in [2.75, 3.05) is 24.1 Å². The van der Waals surface area contributed by atoms with Crippen molar-refractivity contribution in [1.29, 1.82) is 5.41 Å². The SMILES string of the molecule is N=C(c1ccc(Oc2ccccc2)cc1)c1c(N)ncnc1NC1CCCN(C(=O)CCc2ccccc2)C1. The molecule has 0 aliphatic carbocycles. The molecule has 1 fully saturated rings. The lowest BCUT2D eigenvalue weighted by atomic mass is 10.0. The van der Waals surface area contributed by atoms with Gasteiger partial charge in [0, 0.05) is 31.1 Å². The number of carbonyl (C=O) groups is 1. The Kier molecular flexibility index (Phi) is 8.12. The molecule has 8 heteroatoms. The summed E-state index contributed by atoms with van der Waals surface area (Å²) in [5.74, 6) is 2.30. The highest BCUT2D eigenvalue weighted by Gasteiger charge is 2.25. The number of para-hydroxylation sites is 1. The van der Waals surface area contributed by atoms with Crippen molar-refractivity contribution in [3.8, 4) is 11.5 Å². The van der Waals surface area contributed by atoms with E-state index in [-0.39, 0.29) is 23.5 Å². The standard InChI is InChI=1S/C31H32N6O2/c32-29(23-14-16-26(17-15-23)39-25-11-5-2-6-12-25)28-30(33)34-21-35-31(28)36-24-10-7-19-37(20-24)27(38)18-13-22-8-3-1-4-9-22/h1-6,8-9,11-12,14-17,21,24,32H,7,10,13,18-20H2,(H3,33,34,35,36). The topological polar surface area (TPSA) is 117 Å². The second-order valence-corrected chi connectivity index (χ2v) is 9.61. The summed E-state index contributed by atoms with van der Waals surface area (Å²) < 4.78 is 5.87. The van der Waals surface area contributed by atoms with E-state index < -0.39 is 0 Å². The summed E-state index contributed by atoms with van der Waals surface area (Å²) in [6.45, 7) is 1.33. The van der Waals surface area contributed by atoms with Gasteiger partial charge in [-0.3, -0.25) is 10.2 Å². The maximum absolute atomic E-state index is 12.9. The number of aromatic nitrogens is 2. The zero-order valence-corrected chi connectivity index (χ0v) is 21.7. The first-order chi connectivity index (χ1) is 19.1. The van der Waals surface area contributed by atoms with E-state index in [2.05, 4.69) is 15.3 Å². The van der Waals surface area contributed by atoms with Crippen LogP contribution in [0.4, 0.5) is 11.6 Å². The fraction of sp³-hybridized carbons (Fsp3) is 0.226. The monoisotopic (exact) mass is 520 g/mol. The van der Waals surface area contributed by atoms with Crippen molar-refractivity contribution in [2.45, 2.75) is 31.7 Å². The highest BCUT2D eigenvalue weighted by atomic mass is 16.5. The van der Waals surface area contributed by atoms with Crippen molar-refractivity contribution in [2.24, 2.45) is 0 Å². The quantitative estimate of drug-likeness (QED) is 0.258. The molecule has 4 N–H and O–H groups in total. The first-order valence-electron chi connectivity index (χ1n) is 13.2. The van der Waals surface area contributed by atoms with Gasteiger partial charge in [-0.2, -0.15) is 0 Å². The zero-order valence-electron chi connectivity index (χ0n) is 21.7. The normalized spacial score (nSPS) is 15.0. The van der Waals surface area contributed by atoms with Gasteiger partial charge in [0.25, 0.3) is 0 Å². The molecule has 0 spiro atoms. The third-order valence-electron chi connectivity index (χ3n) is 6.83. The summed E-state index contributed by atoms with van der Waals surface area (Å²) in [5, 5.41) is 12.4. The molecule has 198 valence electrons. The van der Waals surface area contributed by atoms with E-state index in [0.717, 1.165) is 37.1 Å². The van der Waals surface area contributed by atoms with E-state index in [1.54, 1.807) is 0 Å². The number of nitrogens with one attached hydrogen (secondary N) is 2. The van der Waals surface area contributed by atoms with Gasteiger partial charge in [-0.25, -0.2) is 9.97 Å². The van der Waals surface area contributed by atoms with Gasteiger partial charge in [0.2, 0.25) is 5.91 Å². The van der Waals surface area contributed by atoms with Crippen LogP contribution in [0.15, 0.2) is 91.3 Å². The number of ether oxygens (including phenoxy) is 1. The molecular weight excluding hydrogens is 488 g/mol. The highest BCUT2D eigenvalue weighted by molar-refractivity contribution is 6.16. The Morgan fingerprint density at radius 1 is 0.974 bits per heavy atom. The number of amides is 1. The van der Waals surface area contributed by atoms with Crippen molar-refractivity contribution in [3.63, 3.8) is 0 Å². The van der Waals surface area contributed by atoms with Gasteiger partial charge in [-0.1, -0.05) is 48.5 Å². The van der Waals surface area contributed by atoms with Crippen molar-refractivity contribution < 1.29 is 9.53 Å². The van der Waals surface area contributed by atoms with Gasteiger partial charge < -0.3 is 20.7 Å².